The minimum absolute atomic E-state index is 0.0121. The van der Waals surface area contributed by atoms with Gasteiger partial charge < -0.3 is 15.4 Å². The van der Waals surface area contributed by atoms with E-state index >= 15 is 0 Å². The van der Waals surface area contributed by atoms with E-state index < -0.39 is 11.6 Å². The molecule has 0 fully saturated rings. The number of amides is 1. The van der Waals surface area contributed by atoms with Gasteiger partial charge in [-0.1, -0.05) is 48.0 Å². The SMILES string of the molecule is CC(C)(C)OC(=O)c1cc(Cl)ccc1Nc1ccc2c(c1)NC(=O)C2Cc1ccccc1. The maximum absolute atomic E-state index is 12.7. The molecule has 6 heteroatoms. The van der Waals surface area contributed by atoms with Crippen molar-refractivity contribution in [3.8, 4) is 0 Å². The van der Waals surface area contributed by atoms with Gasteiger partial charge in [-0.25, -0.2) is 4.79 Å². The summed E-state index contributed by atoms with van der Waals surface area (Å²) in [6, 6.07) is 20.8. The summed E-state index contributed by atoms with van der Waals surface area (Å²) in [4.78, 5) is 25.3. The van der Waals surface area contributed by atoms with E-state index in [9.17, 15) is 9.59 Å². The Morgan fingerprint density at radius 2 is 1.81 bits per heavy atom. The molecule has 32 heavy (non-hydrogen) atoms. The fourth-order valence-electron chi connectivity index (χ4n) is 3.74. The molecule has 0 aliphatic carbocycles. The van der Waals surface area contributed by atoms with Gasteiger partial charge in [-0.15, -0.1) is 0 Å². The van der Waals surface area contributed by atoms with Gasteiger partial charge in [0.05, 0.1) is 17.2 Å². The number of halogens is 1. The Kier molecular flexibility index (Phi) is 5.94. The number of esters is 1. The molecular formula is C26H25ClN2O3. The number of hydrogen-bond donors (Lipinski definition) is 2. The molecule has 1 aliphatic heterocycles. The van der Waals surface area contributed by atoms with Gasteiger partial charge in [-0.2, -0.15) is 0 Å². The third-order valence-corrected chi connectivity index (χ3v) is 5.40. The molecule has 164 valence electrons. The van der Waals surface area contributed by atoms with E-state index in [2.05, 4.69) is 10.6 Å². The zero-order chi connectivity index (χ0) is 22.9. The number of fused-ring (bicyclic) bond motifs is 1. The van der Waals surface area contributed by atoms with E-state index in [0.29, 0.717) is 22.7 Å². The fourth-order valence-corrected chi connectivity index (χ4v) is 3.91. The van der Waals surface area contributed by atoms with Crippen molar-refractivity contribution in [3.63, 3.8) is 0 Å². The van der Waals surface area contributed by atoms with Crippen LogP contribution in [0.1, 0.15) is 48.2 Å². The molecule has 3 aromatic rings. The molecule has 0 radical (unpaired) electrons. The van der Waals surface area contributed by atoms with Crippen LogP contribution in [0.25, 0.3) is 0 Å². The topological polar surface area (TPSA) is 67.4 Å². The summed E-state index contributed by atoms with van der Waals surface area (Å²) in [6.45, 7) is 5.45. The summed E-state index contributed by atoms with van der Waals surface area (Å²) < 4.78 is 5.52. The second kappa shape index (κ2) is 8.67. The molecule has 5 nitrogen and oxygen atoms in total. The standard InChI is InChI=1S/C26H25ClN2O3/c1-26(2,3)32-25(31)21-14-17(27)9-12-22(21)28-18-10-11-19-20(24(30)29-23(19)15-18)13-16-7-5-4-6-8-16/h4-12,14-15,20,28H,13H2,1-3H3,(H,29,30). The van der Waals surface area contributed by atoms with Crippen molar-refractivity contribution in [2.45, 2.75) is 38.7 Å². The molecule has 0 aromatic heterocycles. The first-order valence-electron chi connectivity index (χ1n) is 10.5. The van der Waals surface area contributed by atoms with Crippen molar-refractivity contribution in [2.75, 3.05) is 10.6 Å². The van der Waals surface area contributed by atoms with Crippen LogP contribution in [-0.2, 0) is 16.0 Å². The molecule has 2 N–H and O–H groups in total. The minimum Gasteiger partial charge on any atom is -0.456 e. The van der Waals surface area contributed by atoms with E-state index in [-0.39, 0.29) is 11.8 Å². The molecule has 0 bridgehead atoms. The van der Waals surface area contributed by atoms with Crippen molar-refractivity contribution in [1.82, 2.24) is 0 Å². The lowest BCUT2D eigenvalue weighted by Gasteiger charge is -2.21. The number of hydrogen-bond acceptors (Lipinski definition) is 4. The average Bonchev–Trinajstić information content (AvgIpc) is 3.03. The Morgan fingerprint density at radius 3 is 2.53 bits per heavy atom. The Morgan fingerprint density at radius 1 is 1.06 bits per heavy atom. The first kappa shape index (κ1) is 21.9. The lowest BCUT2D eigenvalue weighted by molar-refractivity contribution is -0.117. The number of nitrogens with one attached hydrogen (secondary N) is 2. The second-order valence-corrected chi connectivity index (χ2v) is 9.29. The zero-order valence-corrected chi connectivity index (χ0v) is 19.0. The maximum Gasteiger partial charge on any atom is 0.340 e. The van der Waals surface area contributed by atoms with Crippen LogP contribution in [0.4, 0.5) is 17.1 Å². The quantitative estimate of drug-likeness (QED) is 0.448. The van der Waals surface area contributed by atoms with Gasteiger partial charge in [-0.3, -0.25) is 4.79 Å². The molecule has 3 aromatic carbocycles. The average molecular weight is 449 g/mol. The normalized spacial score (nSPS) is 15.1. The second-order valence-electron chi connectivity index (χ2n) is 8.85. The highest BCUT2D eigenvalue weighted by atomic mass is 35.5. The molecule has 1 unspecified atom stereocenters. The fraction of sp³-hybridized carbons (Fsp3) is 0.231. The summed E-state index contributed by atoms with van der Waals surface area (Å²) in [5.41, 5.74) is 3.90. The van der Waals surface area contributed by atoms with Gasteiger partial charge in [0.2, 0.25) is 5.91 Å². The number of carbonyl (C=O) groups is 2. The van der Waals surface area contributed by atoms with Crippen molar-refractivity contribution in [1.29, 1.82) is 0 Å². The Balaban J connectivity index is 1.58. The highest BCUT2D eigenvalue weighted by molar-refractivity contribution is 6.31. The van der Waals surface area contributed by atoms with Gasteiger partial charge in [-0.05, 0) is 68.7 Å². The molecule has 0 saturated carbocycles. The van der Waals surface area contributed by atoms with Gasteiger partial charge in [0.15, 0.2) is 0 Å². The molecule has 1 heterocycles. The third kappa shape index (κ3) is 4.94. The molecule has 0 spiro atoms. The van der Waals surface area contributed by atoms with Crippen LogP contribution in [0, 0.1) is 0 Å². The number of benzene rings is 3. The summed E-state index contributed by atoms with van der Waals surface area (Å²) in [5, 5.41) is 6.69. The summed E-state index contributed by atoms with van der Waals surface area (Å²) in [5.74, 6) is -0.698. The summed E-state index contributed by atoms with van der Waals surface area (Å²) in [7, 11) is 0. The third-order valence-electron chi connectivity index (χ3n) is 5.17. The molecule has 1 amide bonds. The maximum atomic E-state index is 12.7. The van der Waals surface area contributed by atoms with Crippen LogP contribution in [0.2, 0.25) is 5.02 Å². The molecular weight excluding hydrogens is 424 g/mol. The van der Waals surface area contributed by atoms with Crippen LogP contribution < -0.4 is 10.6 Å². The summed E-state index contributed by atoms with van der Waals surface area (Å²) >= 11 is 6.13. The Hall–Kier alpha value is -3.31. The summed E-state index contributed by atoms with van der Waals surface area (Å²) in [6.07, 6.45) is 0.645. The van der Waals surface area contributed by atoms with Crippen molar-refractivity contribution < 1.29 is 14.3 Å². The van der Waals surface area contributed by atoms with Crippen molar-refractivity contribution in [3.05, 3.63) is 88.4 Å². The lowest BCUT2D eigenvalue weighted by atomic mass is 9.93. The van der Waals surface area contributed by atoms with Gasteiger partial charge in [0, 0.05) is 16.4 Å². The zero-order valence-electron chi connectivity index (χ0n) is 18.2. The molecule has 1 aliphatic rings. The van der Waals surface area contributed by atoms with Crippen molar-refractivity contribution >= 4 is 40.5 Å². The van der Waals surface area contributed by atoms with E-state index in [0.717, 1.165) is 22.5 Å². The van der Waals surface area contributed by atoms with Gasteiger partial charge >= 0.3 is 5.97 Å². The largest absolute Gasteiger partial charge is 0.456 e. The Bertz CT molecular complexity index is 1170. The lowest BCUT2D eigenvalue weighted by Crippen LogP contribution is -2.24. The van der Waals surface area contributed by atoms with Crippen LogP contribution in [0.3, 0.4) is 0 Å². The van der Waals surface area contributed by atoms with E-state index in [1.54, 1.807) is 18.2 Å². The predicted octanol–water partition coefficient (Wildman–Crippen LogP) is 6.32. The van der Waals surface area contributed by atoms with Gasteiger partial charge in [0.25, 0.3) is 0 Å². The Labute approximate surface area is 192 Å². The first-order chi connectivity index (χ1) is 15.2. The van der Waals surface area contributed by atoms with E-state index in [4.69, 9.17) is 16.3 Å². The number of ether oxygens (including phenoxy) is 1. The van der Waals surface area contributed by atoms with Crippen LogP contribution in [-0.4, -0.2) is 17.5 Å². The minimum atomic E-state index is -0.623. The number of anilines is 3. The van der Waals surface area contributed by atoms with E-state index in [1.165, 1.54) is 0 Å². The highest BCUT2D eigenvalue weighted by Crippen LogP contribution is 2.37. The van der Waals surface area contributed by atoms with E-state index in [1.807, 2.05) is 69.3 Å². The molecule has 0 saturated heterocycles. The number of carbonyl (C=O) groups excluding carboxylic acids is 2. The molecule has 1 atom stereocenters. The van der Waals surface area contributed by atoms with Crippen molar-refractivity contribution in [2.24, 2.45) is 0 Å². The molecule has 4 rings (SSSR count). The number of rotatable bonds is 5. The van der Waals surface area contributed by atoms with Crippen LogP contribution >= 0.6 is 11.6 Å². The first-order valence-corrected chi connectivity index (χ1v) is 10.9. The van der Waals surface area contributed by atoms with Gasteiger partial charge in [0.1, 0.15) is 5.60 Å². The predicted molar refractivity (Wildman–Crippen MR) is 128 cm³/mol. The van der Waals surface area contributed by atoms with Crippen LogP contribution in [0.15, 0.2) is 66.7 Å². The highest BCUT2D eigenvalue weighted by Gasteiger charge is 2.30. The monoisotopic (exact) mass is 448 g/mol. The van der Waals surface area contributed by atoms with Crippen LogP contribution in [0.5, 0.6) is 0 Å². The smallest absolute Gasteiger partial charge is 0.340 e.